The summed E-state index contributed by atoms with van der Waals surface area (Å²) in [6.07, 6.45) is 5.32. The zero-order chi connectivity index (χ0) is 20.5. The molecule has 2 aromatic rings. The topological polar surface area (TPSA) is 75.6 Å². The van der Waals surface area contributed by atoms with Crippen LogP contribution in [0.4, 0.5) is 5.82 Å². The molecular weight excluding hydrogens is 412 g/mol. The second kappa shape index (κ2) is 8.44. The molecule has 0 spiro atoms. The van der Waals surface area contributed by atoms with Crippen LogP contribution in [-0.2, 0) is 9.53 Å². The number of carbonyl (C=O) groups excluding carboxylic acids is 2. The third-order valence-electron chi connectivity index (χ3n) is 5.78. The van der Waals surface area contributed by atoms with Gasteiger partial charge in [0, 0.05) is 33.1 Å². The fourth-order valence-electron chi connectivity index (χ4n) is 4.14. The standard InChI is InChI=1S/C20H25ClN4O3S/c1-12-15-17(25-10-8-24(9-11-25)13(2)26)22-20(21)23-18(15)29-16(12)19(27)28-14-6-4-3-5-7-14/h14H,3-11H2,1-2H3. The molecule has 0 unspecified atom stereocenters. The number of ether oxygens (including phenoxy) is 1. The normalized spacial score (nSPS) is 18.3. The SMILES string of the molecule is CC(=O)N1CCN(c2nc(Cl)nc3sc(C(=O)OC4CCCCC4)c(C)c23)CC1. The summed E-state index contributed by atoms with van der Waals surface area (Å²) in [7, 11) is 0. The third-order valence-corrected chi connectivity index (χ3v) is 7.11. The first-order chi connectivity index (χ1) is 13.9. The summed E-state index contributed by atoms with van der Waals surface area (Å²) >= 11 is 7.51. The average Bonchev–Trinajstić information content (AvgIpc) is 3.04. The van der Waals surface area contributed by atoms with Crippen LogP contribution >= 0.6 is 22.9 Å². The third kappa shape index (κ3) is 4.19. The summed E-state index contributed by atoms with van der Waals surface area (Å²) in [5.41, 5.74) is 0.839. The van der Waals surface area contributed by atoms with Crippen LogP contribution < -0.4 is 4.90 Å². The van der Waals surface area contributed by atoms with Crippen LogP contribution in [0.15, 0.2) is 0 Å². The molecule has 9 heteroatoms. The Morgan fingerprint density at radius 1 is 1.10 bits per heavy atom. The lowest BCUT2D eigenvalue weighted by molar-refractivity contribution is -0.129. The molecule has 7 nitrogen and oxygen atoms in total. The molecule has 2 aliphatic rings. The number of hydrogen-bond acceptors (Lipinski definition) is 7. The van der Waals surface area contributed by atoms with Crippen molar-refractivity contribution in [2.45, 2.75) is 52.1 Å². The molecule has 1 aliphatic heterocycles. The maximum atomic E-state index is 12.8. The second-order valence-electron chi connectivity index (χ2n) is 7.71. The Hall–Kier alpha value is -1.93. The number of halogens is 1. The van der Waals surface area contributed by atoms with Crippen LogP contribution in [0.3, 0.4) is 0 Å². The molecule has 29 heavy (non-hydrogen) atoms. The van der Waals surface area contributed by atoms with Gasteiger partial charge in [-0.25, -0.2) is 9.78 Å². The first-order valence-electron chi connectivity index (χ1n) is 10.1. The van der Waals surface area contributed by atoms with E-state index in [1.165, 1.54) is 17.8 Å². The Kier molecular flexibility index (Phi) is 5.92. The Balaban J connectivity index is 1.62. The van der Waals surface area contributed by atoms with Gasteiger partial charge in [-0.15, -0.1) is 11.3 Å². The fraction of sp³-hybridized carbons (Fsp3) is 0.600. The lowest BCUT2D eigenvalue weighted by Gasteiger charge is -2.35. The molecule has 1 saturated carbocycles. The van der Waals surface area contributed by atoms with Crippen LogP contribution in [0.25, 0.3) is 10.2 Å². The van der Waals surface area contributed by atoms with E-state index in [1.54, 1.807) is 6.92 Å². The van der Waals surface area contributed by atoms with E-state index >= 15 is 0 Å². The predicted octanol–water partition coefficient (Wildman–Crippen LogP) is 3.81. The summed E-state index contributed by atoms with van der Waals surface area (Å²) < 4.78 is 5.78. The van der Waals surface area contributed by atoms with E-state index in [0.29, 0.717) is 35.9 Å². The van der Waals surface area contributed by atoms with Crippen molar-refractivity contribution in [2.24, 2.45) is 0 Å². The van der Waals surface area contributed by atoms with Crippen molar-refractivity contribution >= 4 is 50.8 Å². The van der Waals surface area contributed by atoms with Crippen molar-refractivity contribution in [1.82, 2.24) is 14.9 Å². The second-order valence-corrected chi connectivity index (χ2v) is 9.05. The molecule has 2 aromatic heterocycles. The molecule has 2 fully saturated rings. The van der Waals surface area contributed by atoms with Crippen molar-refractivity contribution in [2.75, 3.05) is 31.1 Å². The number of aryl methyl sites for hydroxylation is 1. The number of carbonyl (C=O) groups is 2. The number of rotatable bonds is 3. The van der Waals surface area contributed by atoms with E-state index in [1.807, 2.05) is 11.8 Å². The number of amides is 1. The molecule has 0 atom stereocenters. The van der Waals surface area contributed by atoms with Gasteiger partial charge in [-0.3, -0.25) is 4.79 Å². The van der Waals surface area contributed by atoms with Gasteiger partial charge in [-0.05, 0) is 49.8 Å². The molecule has 4 rings (SSSR count). The molecule has 1 saturated heterocycles. The molecule has 1 amide bonds. The zero-order valence-electron chi connectivity index (χ0n) is 16.7. The van der Waals surface area contributed by atoms with Crippen molar-refractivity contribution in [1.29, 1.82) is 0 Å². The lowest BCUT2D eigenvalue weighted by Crippen LogP contribution is -2.48. The Morgan fingerprint density at radius 3 is 2.45 bits per heavy atom. The Labute approximate surface area is 179 Å². The number of piperazine rings is 1. The van der Waals surface area contributed by atoms with E-state index < -0.39 is 0 Å². The highest BCUT2D eigenvalue weighted by atomic mass is 35.5. The highest BCUT2D eigenvalue weighted by Gasteiger charge is 2.28. The number of esters is 1. The molecule has 0 bridgehead atoms. The zero-order valence-corrected chi connectivity index (χ0v) is 18.3. The van der Waals surface area contributed by atoms with Gasteiger partial charge in [0.1, 0.15) is 21.6 Å². The maximum absolute atomic E-state index is 12.8. The number of hydrogen-bond donors (Lipinski definition) is 0. The molecule has 0 aromatic carbocycles. The smallest absolute Gasteiger partial charge is 0.348 e. The minimum absolute atomic E-state index is 0.00895. The number of anilines is 1. The molecule has 0 radical (unpaired) electrons. The van der Waals surface area contributed by atoms with Crippen molar-refractivity contribution < 1.29 is 14.3 Å². The summed E-state index contributed by atoms with van der Waals surface area (Å²) in [6.45, 7) is 6.11. The molecule has 1 aliphatic carbocycles. The van der Waals surface area contributed by atoms with Gasteiger partial charge in [-0.2, -0.15) is 4.98 Å². The summed E-state index contributed by atoms with van der Waals surface area (Å²) in [5.74, 6) is 0.532. The Morgan fingerprint density at radius 2 is 1.79 bits per heavy atom. The van der Waals surface area contributed by atoms with Gasteiger partial charge >= 0.3 is 5.97 Å². The van der Waals surface area contributed by atoms with E-state index in [0.717, 1.165) is 42.5 Å². The van der Waals surface area contributed by atoms with Crippen LogP contribution in [0, 0.1) is 6.92 Å². The van der Waals surface area contributed by atoms with Crippen molar-refractivity contribution in [3.05, 3.63) is 15.7 Å². The minimum atomic E-state index is -0.277. The molecule has 0 N–H and O–H groups in total. The maximum Gasteiger partial charge on any atom is 0.348 e. The predicted molar refractivity (Wildman–Crippen MR) is 114 cm³/mol. The highest BCUT2D eigenvalue weighted by Crippen LogP contribution is 2.37. The molecular formula is C20H25ClN4O3S. The van der Waals surface area contributed by atoms with Gasteiger partial charge in [0.2, 0.25) is 11.2 Å². The van der Waals surface area contributed by atoms with Crippen LogP contribution in [0.5, 0.6) is 0 Å². The minimum Gasteiger partial charge on any atom is -0.458 e. The summed E-state index contributed by atoms with van der Waals surface area (Å²) in [4.78, 5) is 38.5. The Bertz CT molecular complexity index is 933. The summed E-state index contributed by atoms with van der Waals surface area (Å²) in [6, 6.07) is 0. The molecule has 3 heterocycles. The van der Waals surface area contributed by atoms with E-state index in [2.05, 4.69) is 14.9 Å². The van der Waals surface area contributed by atoms with Crippen LogP contribution in [0.2, 0.25) is 5.28 Å². The summed E-state index contributed by atoms with van der Waals surface area (Å²) in [5, 5.41) is 1.02. The molecule has 156 valence electrons. The van der Waals surface area contributed by atoms with Gasteiger partial charge in [0.25, 0.3) is 0 Å². The first kappa shape index (κ1) is 20.3. The van der Waals surface area contributed by atoms with Gasteiger partial charge in [0.15, 0.2) is 0 Å². The van der Waals surface area contributed by atoms with E-state index in [9.17, 15) is 9.59 Å². The first-order valence-corrected chi connectivity index (χ1v) is 11.3. The van der Waals surface area contributed by atoms with Crippen LogP contribution in [-0.4, -0.2) is 59.0 Å². The van der Waals surface area contributed by atoms with Crippen molar-refractivity contribution in [3.8, 4) is 0 Å². The van der Waals surface area contributed by atoms with Crippen LogP contribution in [0.1, 0.15) is 54.3 Å². The number of aromatic nitrogens is 2. The largest absolute Gasteiger partial charge is 0.458 e. The number of nitrogens with zero attached hydrogens (tertiary/aromatic N) is 4. The van der Waals surface area contributed by atoms with Gasteiger partial charge in [0.05, 0.1) is 5.39 Å². The lowest BCUT2D eigenvalue weighted by atomic mass is 9.98. The van der Waals surface area contributed by atoms with Gasteiger partial charge in [-0.1, -0.05) is 6.42 Å². The quantitative estimate of drug-likeness (QED) is 0.538. The van der Waals surface area contributed by atoms with Gasteiger partial charge < -0.3 is 14.5 Å². The number of fused-ring (bicyclic) bond motifs is 1. The van der Waals surface area contributed by atoms with E-state index in [4.69, 9.17) is 16.3 Å². The van der Waals surface area contributed by atoms with E-state index in [-0.39, 0.29) is 23.3 Å². The highest BCUT2D eigenvalue weighted by molar-refractivity contribution is 7.20. The average molecular weight is 437 g/mol. The monoisotopic (exact) mass is 436 g/mol. The fourth-order valence-corrected chi connectivity index (χ4v) is 5.41. The van der Waals surface area contributed by atoms with Crippen molar-refractivity contribution in [3.63, 3.8) is 0 Å². The number of thiophene rings is 1.